The van der Waals surface area contributed by atoms with E-state index in [0.29, 0.717) is 5.82 Å². The number of nitrogen functional groups attached to an aromatic ring is 1. The molecule has 0 aliphatic carbocycles. The molecule has 1 aliphatic rings. The van der Waals surface area contributed by atoms with Crippen LogP contribution in [0.2, 0.25) is 0 Å². The number of aromatic amines is 1. The second-order valence-corrected chi connectivity index (χ2v) is 3.52. The van der Waals surface area contributed by atoms with Crippen LogP contribution in [0.15, 0.2) is 6.07 Å². The highest BCUT2D eigenvalue weighted by molar-refractivity contribution is 5.28. The van der Waals surface area contributed by atoms with Crippen LogP contribution in [0.1, 0.15) is 5.69 Å². The SMILES string of the molecule is Nc1cc(CCN2CCOCC2)[nH]n1. The van der Waals surface area contributed by atoms with Gasteiger partial charge < -0.3 is 10.5 Å². The van der Waals surface area contributed by atoms with Gasteiger partial charge in [0, 0.05) is 37.8 Å². The molecule has 0 unspecified atom stereocenters. The lowest BCUT2D eigenvalue weighted by molar-refractivity contribution is 0.0383. The highest BCUT2D eigenvalue weighted by Crippen LogP contribution is 2.03. The number of aromatic nitrogens is 2. The molecule has 0 amide bonds. The third-order valence-corrected chi connectivity index (χ3v) is 2.45. The minimum Gasteiger partial charge on any atom is -0.382 e. The highest BCUT2D eigenvalue weighted by atomic mass is 16.5. The van der Waals surface area contributed by atoms with Crippen molar-refractivity contribution in [2.24, 2.45) is 0 Å². The van der Waals surface area contributed by atoms with Gasteiger partial charge in [-0.2, -0.15) is 5.10 Å². The van der Waals surface area contributed by atoms with Gasteiger partial charge in [-0.05, 0) is 0 Å². The predicted octanol–water partition coefficient (Wildman–Crippen LogP) is -0.133. The molecule has 1 aromatic heterocycles. The molecule has 0 bridgehead atoms. The van der Waals surface area contributed by atoms with Gasteiger partial charge in [-0.1, -0.05) is 0 Å². The van der Waals surface area contributed by atoms with E-state index in [1.165, 1.54) is 0 Å². The van der Waals surface area contributed by atoms with Crippen molar-refractivity contribution in [2.75, 3.05) is 38.6 Å². The van der Waals surface area contributed by atoms with Crippen LogP contribution in [0.4, 0.5) is 5.82 Å². The fourth-order valence-corrected chi connectivity index (χ4v) is 1.61. The Balaban J connectivity index is 1.76. The van der Waals surface area contributed by atoms with Crippen molar-refractivity contribution in [3.05, 3.63) is 11.8 Å². The van der Waals surface area contributed by atoms with E-state index in [1.807, 2.05) is 6.07 Å². The molecule has 0 atom stereocenters. The second kappa shape index (κ2) is 4.43. The number of anilines is 1. The molecule has 2 heterocycles. The van der Waals surface area contributed by atoms with Crippen LogP contribution in [0.3, 0.4) is 0 Å². The summed E-state index contributed by atoms with van der Waals surface area (Å²) >= 11 is 0. The van der Waals surface area contributed by atoms with Crippen molar-refractivity contribution < 1.29 is 4.74 Å². The standard InChI is InChI=1S/C9H16N4O/c10-9-7-8(11-12-9)1-2-13-3-5-14-6-4-13/h7H,1-6H2,(H3,10,11,12). The van der Waals surface area contributed by atoms with Crippen LogP contribution in [0.25, 0.3) is 0 Å². The van der Waals surface area contributed by atoms with Gasteiger partial charge in [-0.15, -0.1) is 0 Å². The molecule has 1 aromatic rings. The smallest absolute Gasteiger partial charge is 0.145 e. The Morgan fingerprint density at radius 3 is 2.93 bits per heavy atom. The summed E-state index contributed by atoms with van der Waals surface area (Å²) in [6.07, 6.45) is 0.976. The summed E-state index contributed by atoms with van der Waals surface area (Å²) in [5.41, 5.74) is 6.62. The molecule has 5 heteroatoms. The van der Waals surface area contributed by atoms with E-state index in [-0.39, 0.29) is 0 Å². The first-order chi connectivity index (χ1) is 6.84. The molecular formula is C9H16N4O. The van der Waals surface area contributed by atoms with E-state index in [0.717, 1.165) is 45.0 Å². The van der Waals surface area contributed by atoms with Gasteiger partial charge in [0.15, 0.2) is 0 Å². The van der Waals surface area contributed by atoms with Crippen molar-refractivity contribution in [3.63, 3.8) is 0 Å². The van der Waals surface area contributed by atoms with Gasteiger partial charge in [0.1, 0.15) is 5.82 Å². The van der Waals surface area contributed by atoms with Gasteiger partial charge in [-0.3, -0.25) is 10.00 Å². The van der Waals surface area contributed by atoms with Gasteiger partial charge in [0.05, 0.1) is 13.2 Å². The number of H-pyrrole nitrogens is 1. The minimum absolute atomic E-state index is 0.571. The summed E-state index contributed by atoms with van der Waals surface area (Å²) in [6, 6.07) is 1.89. The van der Waals surface area contributed by atoms with Crippen LogP contribution in [0, 0.1) is 0 Å². The number of morpholine rings is 1. The summed E-state index contributed by atoms with van der Waals surface area (Å²) in [6.45, 7) is 4.81. The fraction of sp³-hybridized carbons (Fsp3) is 0.667. The first-order valence-electron chi connectivity index (χ1n) is 4.94. The van der Waals surface area contributed by atoms with Crippen LogP contribution in [-0.4, -0.2) is 47.9 Å². The molecular weight excluding hydrogens is 180 g/mol. The average molecular weight is 196 g/mol. The minimum atomic E-state index is 0.571. The molecule has 3 N–H and O–H groups in total. The second-order valence-electron chi connectivity index (χ2n) is 3.52. The van der Waals surface area contributed by atoms with E-state index < -0.39 is 0 Å². The predicted molar refractivity (Wildman–Crippen MR) is 54.0 cm³/mol. The Morgan fingerprint density at radius 2 is 2.29 bits per heavy atom. The largest absolute Gasteiger partial charge is 0.382 e. The molecule has 1 aliphatic heterocycles. The van der Waals surface area contributed by atoms with E-state index in [9.17, 15) is 0 Å². The van der Waals surface area contributed by atoms with Crippen molar-refractivity contribution in [3.8, 4) is 0 Å². The van der Waals surface area contributed by atoms with Crippen molar-refractivity contribution >= 4 is 5.82 Å². The summed E-state index contributed by atoms with van der Waals surface area (Å²) in [5, 5.41) is 6.80. The molecule has 1 saturated heterocycles. The highest BCUT2D eigenvalue weighted by Gasteiger charge is 2.10. The van der Waals surface area contributed by atoms with Crippen LogP contribution < -0.4 is 5.73 Å². The van der Waals surface area contributed by atoms with Crippen LogP contribution in [-0.2, 0) is 11.2 Å². The maximum absolute atomic E-state index is 5.51. The van der Waals surface area contributed by atoms with Crippen LogP contribution >= 0.6 is 0 Å². The van der Waals surface area contributed by atoms with Crippen molar-refractivity contribution in [1.82, 2.24) is 15.1 Å². The van der Waals surface area contributed by atoms with E-state index in [1.54, 1.807) is 0 Å². The molecule has 0 radical (unpaired) electrons. The van der Waals surface area contributed by atoms with E-state index >= 15 is 0 Å². The zero-order valence-electron chi connectivity index (χ0n) is 8.20. The zero-order chi connectivity index (χ0) is 9.80. The number of ether oxygens (including phenoxy) is 1. The molecule has 14 heavy (non-hydrogen) atoms. The number of nitrogens with one attached hydrogen (secondary N) is 1. The third-order valence-electron chi connectivity index (χ3n) is 2.45. The summed E-state index contributed by atoms with van der Waals surface area (Å²) in [5.74, 6) is 0.571. The van der Waals surface area contributed by atoms with Gasteiger partial charge in [0.25, 0.3) is 0 Å². The number of rotatable bonds is 3. The number of hydrogen-bond donors (Lipinski definition) is 2. The normalized spacial score (nSPS) is 18.6. The molecule has 78 valence electrons. The summed E-state index contributed by atoms with van der Waals surface area (Å²) < 4.78 is 5.27. The van der Waals surface area contributed by atoms with Gasteiger partial charge in [0.2, 0.25) is 0 Å². The summed E-state index contributed by atoms with van der Waals surface area (Å²) in [7, 11) is 0. The maximum Gasteiger partial charge on any atom is 0.145 e. The molecule has 1 fully saturated rings. The Hall–Kier alpha value is -1.07. The molecule has 0 spiro atoms. The van der Waals surface area contributed by atoms with Crippen molar-refractivity contribution in [2.45, 2.75) is 6.42 Å². The summed E-state index contributed by atoms with van der Waals surface area (Å²) in [4.78, 5) is 2.39. The van der Waals surface area contributed by atoms with Gasteiger partial charge in [-0.25, -0.2) is 0 Å². The molecule has 0 aromatic carbocycles. The first-order valence-corrected chi connectivity index (χ1v) is 4.94. The lowest BCUT2D eigenvalue weighted by Crippen LogP contribution is -2.37. The topological polar surface area (TPSA) is 67.2 Å². The first kappa shape index (κ1) is 9.48. The quantitative estimate of drug-likeness (QED) is 0.706. The Bertz CT molecular complexity index is 280. The lowest BCUT2D eigenvalue weighted by atomic mass is 10.3. The van der Waals surface area contributed by atoms with E-state index in [4.69, 9.17) is 10.5 Å². The Kier molecular flexibility index (Phi) is 3.00. The lowest BCUT2D eigenvalue weighted by Gasteiger charge is -2.26. The average Bonchev–Trinajstić information content (AvgIpc) is 2.63. The Morgan fingerprint density at radius 1 is 1.50 bits per heavy atom. The molecule has 0 saturated carbocycles. The zero-order valence-corrected chi connectivity index (χ0v) is 8.20. The van der Waals surface area contributed by atoms with Crippen LogP contribution in [0.5, 0.6) is 0 Å². The molecule has 5 nitrogen and oxygen atoms in total. The number of nitrogens with zero attached hydrogens (tertiary/aromatic N) is 2. The van der Waals surface area contributed by atoms with Gasteiger partial charge >= 0.3 is 0 Å². The number of nitrogens with two attached hydrogens (primary N) is 1. The maximum atomic E-state index is 5.51. The van der Waals surface area contributed by atoms with E-state index in [2.05, 4.69) is 15.1 Å². The monoisotopic (exact) mass is 196 g/mol. The Labute approximate surface area is 83.2 Å². The number of hydrogen-bond acceptors (Lipinski definition) is 4. The third kappa shape index (κ3) is 2.46. The fourth-order valence-electron chi connectivity index (χ4n) is 1.61. The van der Waals surface area contributed by atoms with Crippen molar-refractivity contribution in [1.29, 1.82) is 0 Å². The molecule has 2 rings (SSSR count).